The van der Waals surface area contributed by atoms with E-state index in [-0.39, 0.29) is 5.92 Å². The SMILES string of the molecule is CC(C(=O)O)N(C)CC(C)(O)C(C)C. The van der Waals surface area contributed by atoms with Crippen LogP contribution in [0, 0.1) is 5.92 Å². The minimum atomic E-state index is -0.868. The van der Waals surface area contributed by atoms with Gasteiger partial charge in [0.25, 0.3) is 0 Å². The Morgan fingerprint density at radius 3 is 2.14 bits per heavy atom. The molecule has 0 aromatic carbocycles. The second-order valence-electron chi connectivity index (χ2n) is 4.44. The predicted octanol–water partition coefficient (Wildman–Crippen LogP) is 0.798. The first-order chi connectivity index (χ1) is 6.18. The van der Waals surface area contributed by atoms with Gasteiger partial charge in [0, 0.05) is 6.54 Å². The fraction of sp³-hybridized carbons (Fsp3) is 0.900. The third-order valence-electron chi connectivity index (χ3n) is 2.83. The van der Waals surface area contributed by atoms with Gasteiger partial charge in [0.1, 0.15) is 6.04 Å². The summed E-state index contributed by atoms with van der Waals surface area (Å²) in [6.07, 6.45) is 0. The first kappa shape index (κ1) is 13.4. The fourth-order valence-electron chi connectivity index (χ4n) is 1.01. The predicted molar refractivity (Wildman–Crippen MR) is 55.2 cm³/mol. The van der Waals surface area contributed by atoms with Gasteiger partial charge in [-0.25, -0.2) is 0 Å². The van der Waals surface area contributed by atoms with Gasteiger partial charge in [0.05, 0.1) is 5.60 Å². The maximum Gasteiger partial charge on any atom is 0.320 e. The number of hydrogen-bond donors (Lipinski definition) is 2. The van der Waals surface area contributed by atoms with Crippen LogP contribution in [-0.2, 0) is 4.79 Å². The molecule has 2 unspecified atom stereocenters. The molecular weight excluding hydrogens is 182 g/mol. The number of hydrogen-bond acceptors (Lipinski definition) is 3. The molecule has 0 aliphatic carbocycles. The van der Waals surface area contributed by atoms with Crippen LogP contribution in [0.25, 0.3) is 0 Å². The first-order valence-corrected chi connectivity index (χ1v) is 4.84. The summed E-state index contributed by atoms with van der Waals surface area (Å²) < 4.78 is 0. The maximum atomic E-state index is 10.7. The molecule has 0 saturated carbocycles. The van der Waals surface area contributed by atoms with E-state index < -0.39 is 17.6 Å². The zero-order chi connectivity index (χ0) is 11.5. The van der Waals surface area contributed by atoms with Gasteiger partial charge in [-0.1, -0.05) is 13.8 Å². The van der Waals surface area contributed by atoms with Crippen molar-refractivity contribution < 1.29 is 15.0 Å². The van der Waals surface area contributed by atoms with E-state index in [0.717, 1.165) is 0 Å². The summed E-state index contributed by atoms with van der Waals surface area (Å²) in [7, 11) is 1.70. The molecule has 14 heavy (non-hydrogen) atoms. The summed E-state index contributed by atoms with van der Waals surface area (Å²) in [6, 6.07) is -0.569. The van der Waals surface area contributed by atoms with Gasteiger partial charge >= 0.3 is 5.97 Å². The van der Waals surface area contributed by atoms with Crippen LogP contribution in [-0.4, -0.2) is 46.3 Å². The molecule has 0 amide bonds. The molecule has 0 radical (unpaired) electrons. The number of carboxylic acid groups (broad SMARTS) is 1. The molecule has 0 heterocycles. The number of carbonyl (C=O) groups is 1. The minimum Gasteiger partial charge on any atom is -0.480 e. The Morgan fingerprint density at radius 2 is 1.86 bits per heavy atom. The number of rotatable bonds is 5. The summed E-state index contributed by atoms with van der Waals surface area (Å²) in [6.45, 7) is 7.53. The van der Waals surface area contributed by atoms with Crippen molar-refractivity contribution >= 4 is 5.97 Å². The van der Waals surface area contributed by atoms with Crippen LogP contribution in [0.4, 0.5) is 0 Å². The van der Waals surface area contributed by atoms with E-state index in [1.807, 2.05) is 13.8 Å². The molecule has 84 valence electrons. The summed E-state index contributed by atoms with van der Waals surface area (Å²) in [5.41, 5.74) is -0.849. The highest BCUT2D eigenvalue weighted by atomic mass is 16.4. The van der Waals surface area contributed by atoms with Crippen molar-refractivity contribution in [3.63, 3.8) is 0 Å². The molecule has 4 nitrogen and oxygen atoms in total. The van der Waals surface area contributed by atoms with Gasteiger partial charge in [0.2, 0.25) is 0 Å². The van der Waals surface area contributed by atoms with Crippen molar-refractivity contribution in [3.05, 3.63) is 0 Å². The van der Waals surface area contributed by atoms with E-state index in [0.29, 0.717) is 6.54 Å². The molecule has 0 rings (SSSR count). The number of nitrogens with zero attached hydrogens (tertiary/aromatic N) is 1. The second kappa shape index (κ2) is 4.75. The highest BCUT2D eigenvalue weighted by Crippen LogP contribution is 2.17. The van der Waals surface area contributed by atoms with E-state index in [4.69, 9.17) is 5.11 Å². The standard InChI is InChI=1S/C10H21NO3/c1-7(2)10(4,14)6-11(5)8(3)9(12)13/h7-8,14H,6H2,1-5H3,(H,12,13). The third-order valence-corrected chi connectivity index (χ3v) is 2.83. The maximum absolute atomic E-state index is 10.7. The van der Waals surface area contributed by atoms with Crippen LogP contribution in [0.5, 0.6) is 0 Å². The Kier molecular flexibility index (Phi) is 4.55. The zero-order valence-electron chi connectivity index (χ0n) is 9.61. The van der Waals surface area contributed by atoms with Gasteiger partial charge < -0.3 is 10.2 Å². The van der Waals surface area contributed by atoms with Crippen LogP contribution >= 0.6 is 0 Å². The largest absolute Gasteiger partial charge is 0.480 e. The fourth-order valence-corrected chi connectivity index (χ4v) is 1.01. The molecule has 0 aliphatic rings. The van der Waals surface area contributed by atoms with Crippen molar-refractivity contribution in [3.8, 4) is 0 Å². The molecule has 0 aliphatic heterocycles. The smallest absolute Gasteiger partial charge is 0.320 e. The number of carboxylic acids is 1. The Hall–Kier alpha value is -0.610. The van der Waals surface area contributed by atoms with Crippen molar-refractivity contribution in [2.45, 2.75) is 39.3 Å². The summed E-state index contributed by atoms with van der Waals surface area (Å²) in [5, 5.41) is 18.7. The van der Waals surface area contributed by atoms with Gasteiger partial charge in [-0.3, -0.25) is 9.69 Å². The molecule has 2 atom stereocenters. The molecule has 0 saturated heterocycles. The topological polar surface area (TPSA) is 60.8 Å². The minimum absolute atomic E-state index is 0.103. The van der Waals surface area contributed by atoms with Crippen LogP contribution in [0.3, 0.4) is 0 Å². The van der Waals surface area contributed by atoms with Crippen LogP contribution in [0.2, 0.25) is 0 Å². The third kappa shape index (κ3) is 3.64. The average molecular weight is 203 g/mol. The first-order valence-electron chi connectivity index (χ1n) is 4.84. The lowest BCUT2D eigenvalue weighted by Crippen LogP contribution is -2.48. The summed E-state index contributed by atoms with van der Waals surface area (Å²) in [5.74, 6) is -0.766. The monoisotopic (exact) mass is 203 g/mol. The molecule has 0 aromatic heterocycles. The molecule has 0 aromatic rings. The Labute approximate surface area is 85.5 Å². The van der Waals surface area contributed by atoms with Crippen molar-refractivity contribution in [2.75, 3.05) is 13.6 Å². The summed E-state index contributed by atoms with van der Waals surface area (Å²) in [4.78, 5) is 12.3. The lowest BCUT2D eigenvalue weighted by atomic mass is 9.92. The average Bonchev–Trinajstić information content (AvgIpc) is 2.01. The number of aliphatic hydroxyl groups is 1. The Balaban J connectivity index is 4.31. The Morgan fingerprint density at radius 1 is 1.43 bits per heavy atom. The van der Waals surface area contributed by atoms with E-state index in [1.165, 1.54) is 0 Å². The second-order valence-corrected chi connectivity index (χ2v) is 4.44. The van der Waals surface area contributed by atoms with Crippen LogP contribution in [0.15, 0.2) is 0 Å². The number of aliphatic carboxylic acids is 1. The molecule has 0 spiro atoms. The van der Waals surface area contributed by atoms with Gasteiger partial charge in [-0.15, -0.1) is 0 Å². The highest BCUT2D eigenvalue weighted by Gasteiger charge is 2.29. The highest BCUT2D eigenvalue weighted by molar-refractivity contribution is 5.72. The normalized spacial score (nSPS) is 18.3. The zero-order valence-corrected chi connectivity index (χ0v) is 9.61. The Bertz CT molecular complexity index is 202. The van der Waals surface area contributed by atoms with E-state index in [9.17, 15) is 9.90 Å². The lowest BCUT2D eigenvalue weighted by Gasteiger charge is -2.34. The van der Waals surface area contributed by atoms with Gasteiger partial charge in [-0.05, 0) is 26.8 Å². The molecule has 4 heteroatoms. The van der Waals surface area contributed by atoms with Crippen molar-refractivity contribution in [2.24, 2.45) is 5.92 Å². The quantitative estimate of drug-likeness (QED) is 0.694. The molecule has 0 bridgehead atoms. The van der Waals surface area contributed by atoms with Crippen molar-refractivity contribution in [1.29, 1.82) is 0 Å². The number of likely N-dealkylation sites (N-methyl/N-ethyl adjacent to an activating group) is 1. The van der Waals surface area contributed by atoms with E-state index in [1.54, 1.807) is 25.8 Å². The molecule has 2 N–H and O–H groups in total. The van der Waals surface area contributed by atoms with E-state index >= 15 is 0 Å². The van der Waals surface area contributed by atoms with Gasteiger partial charge in [0.15, 0.2) is 0 Å². The van der Waals surface area contributed by atoms with Crippen LogP contribution < -0.4 is 0 Å². The van der Waals surface area contributed by atoms with E-state index in [2.05, 4.69) is 0 Å². The lowest BCUT2D eigenvalue weighted by molar-refractivity contribution is -0.143. The van der Waals surface area contributed by atoms with Crippen molar-refractivity contribution in [1.82, 2.24) is 4.90 Å². The molecular formula is C10H21NO3. The summed E-state index contributed by atoms with van der Waals surface area (Å²) >= 11 is 0. The van der Waals surface area contributed by atoms with Crippen LogP contribution in [0.1, 0.15) is 27.7 Å². The molecule has 0 fully saturated rings. The van der Waals surface area contributed by atoms with Gasteiger partial charge in [-0.2, -0.15) is 0 Å².